The molecule has 0 aromatic heterocycles. The quantitative estimate of drug-likeness (QED) is 0.834. The summed E-state index contributed by atoms with van der Waals surface area (Å²) >= 11 is 0. The molecule has 0 unspecified atom stereocenters. The van der Waals surface area contributed by atoms with Crippen molar-refractivity contribution in [3.8, 4) is 0 Å². The molecule has 18 heavy (non-hydrogen) atoms. The van der Waals surface area contributed by atoms with Crippen molar-refractivity contribution in [3.63, 3.8) is 0 Å². The first-order chi connectivity index (χ1) is 8.17. The molecule has 100 valence electrons. The fourth-order valence-corrected chi connectivity index (χ4v) is 4.17. The van der Waals surface area contributed by atoms with Gasteiger partial charge in [-0.1, -0.05) is 26.8 Å². The van der Waals surface area contributed by atoms with Crippen LogP contribution in [0.3, 0.4) is 0 Å². The molecule has 1 aromatic rings. The fourth-order valence-electron chi connectivity index (χ4n) is 2.22. The van der Waals surface area contributed by atoms with Crippen LogP contribution in [0.4, 0.5) is 5.69 Å². The molecule has 1 aliphatic heterocycles. The lowest BCUT2D eigenvalue weighted by atomic mass is 10.0. The highest BCUT2D eigenvalue weighted by Gasteiger charge is 2.32. The van der Waals surface area contributed by atoms with Crippen molar-refractivity contribution in [3.05, 3.63) is 29.3 Å². The minimum atomic E-state index is -3.21. The Kier molecular flexibility index (Phi) is 3.15. The first-order valence-corrected chi connectivity index (χ1v) is 7.63. The topological polar surface area (TPSA) is 63.4 Å². The average Bonchev–Trinajstić information content (AvgIpc) is 2.57. The summed E-state index contributed by atoms with van der Waals surface area (Å²) in [5.41, 5.74) is 8.25. The summed E-state index contributed by atoms with van der Waals surface area (Å²) in [6, 6.07) is 5.60. The second-order valence-electron chi connectivity index (χ2n) is 6.11. The first kappa shape index (κ1) is 13.4. The van der Waals surface area contributed by atoms with Crippen LogP contribution in [0, 0.1) is 5.41 Å². The predicted octanol–water partition coefficient (Wildman–Crippen LogP) is 1.96. The number of fused-ring (bicyclic) bond motifs is 1. The molecular formula is C13H20N2O2S. The second kappa shape index (κ2) is 4.24. The Morgan fingerprint density at radius 2 is 1.83 bits per heavy atom. The molecular weight excluding hydrogens is 248 g/mol. The van der Waals surface area contributed by atoms with Crippen LogP contribution >= 0.6 is 0 Å². The number of hydrogen-bond acceptors (Lipinski definition) is 3. The largest absolute Gasteiger partial charge is 0.399 e. The van der Waals surface area contributed by atoms with Crippen molar-refractivity contribution in [2.24, 2.45) is 5.41 Å². The molecule has 0 saturated carbocycles. The van der Waals surface area contributed by atoms with Crippen LogP contribution in [0.1, 0.15) is 31.9 Å². The first-order valence-electron chi connectivity index (χ1n) is 6.02. The highest BCUT2D eigenvalue weighted by Crippen LogP contribution is 2.29. The number of rotatable bonds is 2. The third-order valence-electron chi connectivity index (χ3n) is 2.93. The van der Waals surface area contributed by atoms with E-state index in [0.717, 1.165) is 11.1 Å². The maximum Gasteiger partial charge on any atom is 0.215 e. The minimum Gasteiger partial charge on any atom is -0.399 e. The lowest BCUT2D eigenvalue weighted by Gasteiger charge is -2.23. The fraction of sp³-hybridized carbons (Fsp3) is 0.538. The van der Waals surface area contributed by atoms with Crippen molar-refractivity contribution in [1.82, 2.24) is 4.31 Å². The Hall–Kier alpha value is -1.07. The monoisotopic (exact) mass is 268 g/mol. The van der Waals surface area contributed by atoms with E-state index in [1.165, 1.54) is 0 Å². The molecule has 1 aliphatic rings. The average molecular weight is 268 g/mol. The number of nitrogens with zero attached hydrogens (tertiary/aromatic N) is 1. The van der Waals surface area contributed by atoms with Gasteiger partial charge in [0.25, 0.3) is 0 Å². The third-order valence-corrected chi connectivity index (χ3v) is 5.21. The number of nitrogens with two attached hydrogens (primary N) is 1. The van der Waals surface area contributed by atoms with Gasteiger partial charge in [-0.25, -0.2) is 8.42 Å². The Morgan fingerprint density at radius 3 is 2.44 bits per heavy atom. The Morgan fingerprint density at radius 1 is 1.22 bits per heavy atom. The summed E-state index contributed by atoms with van der Waals surface area (Å²) in [7, 11) is -3.21. The van der Waals surface area contributed by atoms with Gasteiger partial charge in [0.15, 0.2) is 0 Å². The van der Waals surface area contributed by atoms with E-state index in [9.17, 15) is 8.42 Å². The van der Waals surface area contributed by atoms with E-state index >= 15 is 0 Å². The summed E-state index contributed by atoms with van der Waals surface area (Å²) in [4.78, 5) is 0. The van der Waals surface area contributed by atoms with Crippen LogP contribution in [-0.4, -0.2) is 18.5 Å². The molecule has 0 radical (unpaired) electrons. The number of hydrogen-bond donors (Lipinski definition) is 1. The molecule has 5 heteroatoms. The summed E-state index contributed by atoms with van der Waals surface area (Å²) in [5.74, 6) is 0.170. The lowest BCUT2D eigenvalue weighted by molar-refractivity contribution is 0.400. The minimum absolute atomic E-state index is 0.170. The predicted molar refractivity (Wildman–Crippen MR) is 73.3 cm³/mol. The van der Waals surface area contributed by atoms with Gasteiger partial charge < -0.3 is 5.73 Å². The summed E-state index contributed by atoms with van der Waals surface area (Å²) in [6.45, 7) is 6.72. The van der Waals surface area contributed by atoms with Crippen molar-refractivity contribution < 1.29 is 8.42 Å². The van der Waals surface area contributed by atoms with E-state index in [2.05, 4.69) is 0 Å². The van der Waals surface area contributed by atoms with Crippen molar-refractivity contribution in [2.45, 2.75) is 33.9 Å². The number of nitrogen functional groups attached to an aromatic ring is 1. The summed E-state index contributed by atoms with van der Waals surface area (Å²) < 4.78 is 26.1. The Balaban J connectivity index is 2.21. The SMILES string of the molecule is CC(C)(C)CS(=O)(=O)N1Cc2ccc(N)cc2C1. The van der Waals surface area contributed by atoms with Gasteiger partial charge in [-0.3, -0.25) is 0 Å². The zero-order chi connectivity index (χ0) is 13.6. The van der Waals surface area contributed by atoms with Crippen LogP contribution in [0.5, 0.6) is 0 Å². The van der Waals surface area contributed by atoms with Crippen LogP contribution in [0.15, 0.2) is 18.2 Å². The van der Waals surface area contributed by atoms with Gasteiger partial charge in [0.2, 0.25) is 10.0 Å². The zero-order valence-electron chi connectivity index (χ0n) is 11.1. The van der Waals surface area contributed by atoms with Crippen molar-refractivity contribution >= 4 is 15.7 Å². The maximum atomic E-state index is 12.3. The highest BCUT2D eigenvalue weighted by molar-refractivity contribution is 7.89. The van der Waals surface area contributed by atoms with E-state index in [0.29, 0.717) is 18.8 Å². The molecule has 0 saturated heterocycles. The van der Waals surface area contributed by atoms with Crippen LogP contribution in [0.2, 0.25) is 0 Å². The van der Waals surface area contributed by atoms with Gasteiger partial charge in [-0.2, -0.15) is 4.31 Å². The zero-order valence-corrected chi connectivity index (χ0v) is 11.9. The lowest BCUT2D eigenvalue weighted by Crippen LogP contribution is -2.33. The third kappa shape index (κ3) is 2.84. The summed E-state index contributed by atoms with van der Waals surface area (Å²) in [6.07, 6.45) is 0. The van der Waals surface area contributed by atoms with E-state index in [4.69, 9.17) is 5.73 Å². The van der Waals surface area contributed by atoms with Gasteiger partial charge in [0.05, 0.1) is 5.75 Å². The number of sulfonamides is 1. The van der Waals surface area contributed by atoms with Gasteiger partial charge in [0, 0.05) is 18.8 Å². The van der Waals surface area contributed by atoms with E-state index in [-0.39, 0.29) is 11.2 Å². The molecule has 1 aromatic carbocycles. The van der Waals surface area contributed by atoms with Crippen LogP contribution < -0.4 is 5.73 Å². The standard InChI is InChI=1S/C13H20N2O2S/c1-13(2,3)9-18(16,17)15-7-10-4-5-12(14)6-11(10)8-15/h4-6H,7-9,14H2,1-3H3. The van der Waals surface area contributed by atoms with E-state index < -0.39 is 10.0 Å². The molecule has 0 atom stereocenters. The van der Waals surface area contributed by atoms with Gasteiger partial charge in [-0.15, -0.1) is 0 Å². The molecule has 2 N–H and O–H groups in total. The summed E-state index contributed by atoms with van der Waals surface area (Å²) in [5, 5.41) is 0. The molecule has 0 amide bonds. The number of benzene rings is 1. The second-order valence-corrected chi connectivity index (χ2v) is 8.08. The van der Waals surface area contributed by atoms with Gasteiger partial charge >= 0.3 is 0 Å². The number of anilines is 1. The maximum absolute atomic E-state index is 12.3. The smallest absolute Gasteiger partial charge is 0.215 e. The van der Waals surface area contributed by atoms with Gasteiger partial charge in [0.1, 0.15) is 0 Å². The van der Waals surface area contributed by atoms with Crippen LogP contribution in [0.25, 0.3) is 0 Å². The van der Waals surface area contributed by atoms with E-state index in [1.54, 1.807) is 4.31 Å². The normalized spacial score (nSPS) is 16.8. The van der Waals surface area contributed by atoms with Crippen molar-refractivity contribution in [2.75, 3.05) is 11.5 Å². The molecule has 0 bridgehead atoms. The molecule has 4 nitrogen and oxygen atoms in total. The Bertz CT molecular complexity index is 559. The van der Waals surface area contributed by atoms with Crippen molar-refractivity contribution in [1.29, 1.82) is 0 Å². The van der Waals surface area contributed by atoms with Crippen LogP contribution in [-0.2, 0) is 23.1 Å². The molecule has 0 spiro atoms. The van der Waals surface area contributed by atoms with Gasteiger partial charge in [-0.05, 0) is 28.7 Å². The van der Waals surface area contributed by atoms with E-state index in [1.807, 2.05) is 39.0 Å². The molecule has 1 heterocycles. The molecule has 0 fully saturated rings. The highest BCUT2D eigenvalue weighted by atomic mass is 32.2. The molecule has 0 aliphatic carbocycles. The Labute approximate surface area is 109 Å². The molecule has 2 rings (SSSR count).